The van der Waals surface area contributed by atoms with Crippen molar-refractivity contribution in [3.63, 3.8) is 0 Å². The van der Waals surface area contributed by atoms with E-state index < -0.39 is 7.37 Å². The van der Waals surface area contributed by atoms with Crippen LogP contribution in [0.2, 0.25) is 0 Å². The van der Waals surface area contributed by atoms with Crippen LogP contribution in [-0.2, 0) is 18.6 Å². The van der Waals surface area contributed by atoms with Crippen molar-refractivity contribution < 1.29 is 18.6 Å². The van der Waals surface area contributed by atoms with Crippen molar-refractivity contribution in [3.05, 3.63) is 0 Å². The SMILES string of the molecule is COP1(=O)CCC(OC2CCCCO2)C1Br. The summed E-state index contributed by atoms with van der Waals surface area (Å²) in [6.45, 7) is 0.770. The molecule has 0 spiro atoms. The van der Waals surface area contributed by atoms with Crippen LogP contribution < -0.4 is 0 Å². The summed E-state index contributed by atoms with van der Waals surface area (Å²) in [5.41, 5.74) is 0. The zero-order valence-electron chi connectivity index (χ0n) is 9.43. The Hall–Kier alpha value is 0.590. The van der Waals surface area contributed by atoms with E-state index in [0.717, 1.165) is 32.3 Å². The van der Waals surface area contributed by atoms with Gasteiger partial charge in [0.2, 0.25) is 7.37 Å². The van der Waals surface area contributed by atoms with Crippen molar-refractivity contribution >= 4 is 23.3 Å². The Balaban J connectivity index is 1.89. The first kappa shape index (κ1) is 13.0. The predicted molar refractivity (Wildman–Crippen MR) is 65.3 cm³/mol. The Morgan fingerprint density at radius 2 is 2.19 bits per heavy atom. The Kier molecular flexibility index (Phi) is 4.47. The fourth-order valence-corrected chi connectivity index (χ4v) is 5.64. The van der Waals surface area contributed by atoms with E-state index in [0.29, 0.717) is 6.16 Å². The van der Waals surface area contributed by atoms with Gasteiger partial charge < -0.3 is 14.0 Å². The second-order valence-corrected chi connectivity index (χ2v) is 8.78. The molecular formula is C10H18BrO4P. The van der Waals surface area contributed by atoms with Crippen LogP contribution >= 0.6 is 23.3 Å². The molecular weight excluding hydrogens is 295 g/mol. The van der Waals surface area contributed by atoms with Crippen LogP contribution in [0.25, 0.3) is 0 Å². The van der Waals surface area contributed by atoms with Gasteiger partial charge in [0.25, 0.3) is 0 Å². The van der Waals surface area contributed by atoms with Gasteiger partial charge in [0, 0.05) is 19.9 Å². The average Bonchev–Trinajstić information content (AvgIpc) is 2.60. The van der Waals surface area contributed by atoms with Crippen molar-refractivity contribution in [1.82, 2.24) is 0 Å². The fourth-order valence-electron chi connectivity index (χ4n) is 2.16. The van der Waals surface area contributed by atoms with Crippen LogP contribution in [0.1, 0.15) is 25.7 Å². The molecule has 0 saturated carbocycles. The molecule has 2 saturated heterocycles. The first-order valence-corrected chi connectivity index (χ1v) is 8.51. The third-order valence-electron chi connectivity index (χ3n) is 3.18. The molecule has 0 aromatic carbocycles. The zero-order valence-corrected chi connectivity index (χ0v) is 11.9. The third kappa shape index (κ3) is 2.70. The molecule has 6 heteroatoms. The lowest BCUT2D eigenvalue weighted by Crippen LogP contribution is -2.30. The van der Waals surface area contributed by atoms with Crippen LogP contribution in [-0.4, -0.2) is 36.8 Å². The molecule has 0 aliphatic carbocycles. The molecule has 2 aliphatic rings. The maximum Gasteiger partial charge on any atom is 0.218 e. The second-order valence-electron chi connectivity index (χ2n) is 4.26. The van der Waals surface area contributed by atoms with Crippen LogP contribution in [0.3, 0.4) is 0 Å². The lowest BCUT2D eigenvalue weighted by molar-refractivity contribution is -0.183. The molecule has 0 bridgehead atoms. The van der Waals surface area contributed by atoms with Gasteiger partial charge in [0.15, 0.2) is 6.29 Å². The highest BCUT2D eigenvalue weighted by Crippen LogP contribution is 2.61. The van der Waals surface area contributed by atoms with E-state index in [4.69, 9.17) is 14.0 Å². The number of rotatable bonds is 3. The minimum absolute atomic E-state index is 0.0473. The van der Waals surface area contributed by atoms with E-state index >= 15 is 0 Å². The van der Waals surface area contributed by atoms with Crippen LogP contribution in [0.4, 0.5) is 0 Å². The molecule has 4 unspecified atom stereocenters. The molecule has 94 valence electrons. The summed E-state index contributed by atoms with van der Waals surface area (Å²) in [5.74, 6) is 0. The standard InChI is InChI=1S/C10H18BrO4P/c1-13-16(12)7-5-8(10(16)11)15-9-4-2-3-6-14-9/h8-10H,2-7H2,1H3. The number of ether oxygens (including phenoxy) is 2. The number of hydrogen-bond donors (Lipinski definition) is 0. The average molecular weight is 313 g/mol. The predicted octanol–water partition coefficient (Wildman–Crippen LogP) is 2.95. The van der Waals surface area contributed by atoms with Gasteiger partial charge in [0.05, 0.1) is 6.10 Å². The van der Waals surface area contributed by atoms with E-state index in [1.165, 1.54) is 7.11 Å². The summed E-state index contributed by atoms with van der Waals surface area (Å²) in [4.78, 5) is 0. The third-order valence-corrected chi connectivity index (χ3v) is 8.23. The van der Waals surface area contributed by atoms with Gasteiger partial charge in [-0.25, -0.2) is 0 Å². The molecule has 2 rings (SSSR count). The summed E-state index contributed by atoms with van der Waals surface area (Å²) in [6, 6.07) is 0. The van der Waals surface area contributed by atoms with Crippen molar-refractivity contribution in [2.24, 2.45) is 0 Å². The van der Waals surface area contributed by atoms with E-state index in [-0.39, 0.29) is 17.0 Å². The highest BCUT2D eigenvalue weighted by atomic mass is 79.9. The van der Waals surface area contributed by atoms with Gasteiger partial charge >= 0.3 is 0 Å². The summed E-state index contributed by atoms with van der Waals surface area (Å²) in [5, 5.41) is 0. The summed E-state index contributed by atoms with van der Waals surface area (Å²) in [7, 11) is -1.02. The number of hydrogen-bond acceptors (Lipinski definition) is 4. The Morgan fingerprint density at radius 3 is 2.75 bits per heavy atom. The molecule has 0 aromatic heterocycles. The van der Waals surface area contributed by atoms with Crippen LogP contribution in [0.15, 0.2) is 0 Å². The molecule has 2 heterocycles. The number of halogens is 1. The highest BCUT2D eigenvalue weighted by molar-refractivity contribution is 9.10. The second kappa shape index (κ2) is 5.49. The van der Waals surface area contributed by atoms with E-state index in [2.05, 4.69) is 15.9 Å². The lowest BCUT2D eigenvalue weighted by Gasteiger charge is -2.27. The van der Waals surface area contributed by atoms with Gasteiger partial charge in [0.1, 0.15) is 4.57 Å². The van der Waals surface area contributed by atoms with Gasteiger partial charge in [-0.1, -0.05) is 15.9 Å². The Bertz CT molecular complexity index is 280. The summed E-state index contributed by atoms with van der Waals surface area (Å²) >= 11 is 3.45. The molecule has 2 fully saturated rings. The smallest absolute Gasteiger partial charge is 0.218 e. The normalized spacial score (nSPS) is 44.8. The van der Waals surface area contributed by atoms with Crippen molar-refractivity contribution in [2.75, 3.05) is 19.9 Å². The molecule has 4 nitrogen and oxygen atoms in total. The van der Waals surface area contributed by atoms with Crippen molar-refractivity contribution in [2.45, 2.75) is 42.6 Å². The molecule has 16 heavy (non-hydrogen) atoms. The number of alkyl halides is 1. The van der Waals surface area contributed by atoms with Gasteiger partial charge in [-0.15, -0.1) is 0 Å². The maximum atomic E-state index is 12.2. The van der Waals surface area contributed by atoms with Gasteiger partial charge in [-0.3, -0.25) is 4.57 Å². The first-order chi connectivity index (χ1) is 7.65. The van der Waals surface area contributed by atoms with Crippen LogP contribution in [0, 0.1) is 0 Å². The maximum absolute atomic E-state index is 12.2. The summed E-state index contributed by atoms with van der Waals surface area (Å²) in [6.07, 6.45) is 4.40. The highest BCUT2D eigenvalue weighted by Gasteiger charge is 2.45. The summed E-state index contributed by atoms with van der Waals surface area (Å²) < 4.78 is 28.5. The molecule has 0 radical (unpaired) electrons. The monoisotopic (exact) mass is 312 g/mol. The largest absolute Gasteiger partial charge is 0.353 e. The zero-order chi connectivity index (χ0) is 11.6. The van der Waals surface area contributed by atoms with Crippen LogP contribution in [0.5, 0.6) is 0 Å². The molecule has 0 aromatic rings. The van der Waals surface area contributed by atoms with Crippen molar-refractivity contribution in [1.29, 1.82) is 0 Å². The Labute approximate surface area is 105 Å². The molecule has 0 N–H and O–H groups in total. The van der Waals surface area contributed by atoms with E-state index in [1.807, 2.05) is 0 Å². The lowest BCUT2D eigenvalue weighted by atomic mass is 10.2. The van der Waals surface area contributed by atoms with Crippen molar-refractivity contribution in [3.8, 4) is 0 Å². The van der Waals surface area contributed by atoms with Gasteiger partial charge in [-0.05, 0) is 25.7 Å². The fraction of sp³-hybridized carbons (Fsp3) is 1.00. The van der Waals surface area contributed by atoms with E-state index in [9.17, 15) is 4.57 Å². The quantitative estimate of drug-likeness (QED) is 0.593. The van der Waals surface area contributed by atoms with Gasteiger partial charge in [-0.2, -0.15) is 0 Å². The molecule has 4 atom stereocenters. The topological polar surface area (TPSA) is 44.8 Å². The van der Waals surface area contributed by atoms with E-state index in [1.54, 1.807) is 0 Å². The molecule has 2 aliphatic heterocycles. The first-order valence-electron chi connectivity index (χ1n) is 5.71. The minimum Gasteiger partial charge on any atom is -0.353 e. The molecule has 0 amide bonds. The Morgan fingerprint density at radius 1 is 1.38 bits per heavy atom. The minimum atomic E-state index is -2.53.